The number of halogens is 1. The summed E-state index contributed by atoms with van der Waals surface area (Å²) in [5.74, 6) is -0.659. The van der Waals surface area contributed by atoms with Crippen LogP contribution >= 0.6 is 27.3 Å². The summed E-state index contributed by atoms with van der Waals surface area (Å²) in [6, 6.07) is 11.5. The summed E-state index contributed by atoms with van der Waals surface area (Å²) in [6.07, 6.45) is 1.71. The van der Waals surface area contributed by atoms with Gasteiger partial charge in [0.15, 0.2) is 11.4 Å². The Hall–Kier alpha value is -3.70. The van der Waals surface area contributed by atoms with Crippen LogP contribution in [0.2, 0.25) is 0 Å². The van der Waals surface area contributed by atoms with Crippen molar-refractivity contribution in [3.63, 3.8) is 0 Å². The van der Waals surface area contributed by atoms with Crippen LogP contribution in [0.25, 0.3) is 6.08 Å². The van der Waals surface area contributed by atoms with E-state index in [1.807, 2.05) is 6.07 Å². The number of hydrogen-bond acceptors (Lipinski definition) is 8. The second-order valence-electron chi connectivity index (χ2n) is 7.95. The molecule has 11 heteroatoms. The molecule has 3 aromatic rings. The van der Waals surface area contributed by atoms with Gasteiger partial charge < -0.3 is 19.3 Å². The lowest BCUT2D eigenvalue weighted by Gasteiger charge is -2.25. The van der Waals surface area contributed by atoms with Crippen LogP contribution in [0.5, 0.6) is 11.5 Å². The summed E-state index contributed by atoms with van der Waals surface area (Å²) in [6.45, 7) is 3.16. The smallest absolute Gasteiger partial charge is 0.341 e. The van der Waals surface area contributed by atoms with Gasteiger partial charge in [0.1, 0.15) is 11.5 Å². The minimum atomic E-state index is -1.08. The van der Waals surface area contributed by atoms with E-state index in [4.69, 9.17) is 19.3 Å². The molecule has 0 aliphatic carbocycles. The van der Waals surface area contributed by atoms with Gasteiger partial charge in [-0.1, -0.05) is 29.5 Å². The van der Waals surface area contributed by atoms with Crippen molar-refractivity contribution in [1.29, 1.82) is 0 Å². The van der Waals surface area contributed by atoms with Crippen LogP contribution in [0.4, 0.5) is 0 Å². The molecule has 9 nitrogen and oxygen atoms in total. The molecular weight excluding hydrogens is 564 g/mol. The number of carbonyl (C=O) groups is 2. The van der Waals surface area contributed by atoms with Crippen molar-refractivity contribution in [2.75, 3.05) is 20.3 Å². The largest absolute Gasteiger partial charge is 0.497 e. The highest BCUT2D eigenvalue weighted by molar-refractivity contribution is 9.10. The monoisotopic (exact) mass is 586 g/mol. The van der Waals surface area contributed by atoms with Gasteiger partial charge in [0, 0.05) is 0 Å². The molecule has 1 N–H and O–H groups in total. The molecule has 4 rings (SSSR count). The van der Waals surface area contributed by atoms with Crippen molar-refractivity contribution in [2.45, 2.75) is 19.9 Å². The predicted octanol–water partition coefficient (Wildman–Crippen LogP) is 3.03. The number of carboxylic acids is 1. The molecule has 37 heavy (non-hydrogen) atoms. The highest BCUT2D eigenvalue weighted by Crippen LogP contribution is 2.32. The Balaban J connectivity index is 1.85. The third kappa shape index (κ3) is 5.52. The Morgan fingerprint density at radius 2 is 2.03 bits per heavy atom. The minimum absolute atomic E-state index is 0.186. The van der Waals surface area contributed by atoms with Crippen molar-refractivity contribution < 1.29 is 28.9 Å². The molecule has 2 heterocycles. The molecular formula is C26H23BrN2O7S. The molecule has 0 spiro atoms. The van der Waals surface area contributed by atoms with Gasteiger partial charge in [0.05, 0.1) is 40.0 Å². The first kappa shape index (κ1) is 26.4. The van der Waals surface area contributed by atoms with Crippen LogP contribution in [0.3, 0.4) is 0 Å². The maximum Gasteiger partial charge on any atom is 0.341 e. The molecule has 0 amide bonds. The zero-order valence-corrected chi connectivity index (χ0v) is 22.6. The Kier molecular flexibility index (Phi) is 7.94. The lowest BCUT2D eigenvalue weighted by atomic mass is 9.95. The van der Waals surface area contributed by atoms with Crippen molar-refractivity contribution >= 4 is 45.3 Å². The van der Waals surface area contributed by atoms with Crippen molar-refractivity contribution in [3.8, 4) is 11.5 Å². The molecule has 1 atom stereocenters. The van der Waals surface area contributed by atoms with Gasteiger partial charge in [-0.3, -0.25) is 9.36 Å². The summed E-state index contributed by atoms with van der Waals surface area (Å²) >= 11 is 4.59. The summed E-state index contributed by atoms with van der Waals surface area (Å²) in [5, 5.41) is 8.83. The molecule has 0 unspecified atom stereocenters. The van der Waals surface area contributed by atoms with E-state index >= 15 is 0 Å². The Bertz CT molecular complexity index is 1590. The summed E-state index contributed by atoms with van der Waals surface area (Å²) in [4.78, 5) is 42.5. The second kappa shape index (κ2) is 11.1. The van der Waals surface area contributed by atoms with E-state index < -0.39 is 24.6 Å². The van der Waals surface area contributed by atoms with E-state index in [1.165, 1.54) is 15.9 Å². The number of nitrogens with zero attached hydrogens (tertiary/aromatic N) is 2. The quantitative estimate of drug-likeness (QED) is 0.403. The number of rotatable bonds is 8. The fourth-order valence-corrected chi connectivity index (χ4v) is 5.49. The van der Waals surface area contributed by atoms with Gasteiger partial charge in [-0.2, -0.15) is 0 Å². The maximum absolute atomic E-state index is 13.7. The fraction of sp³-hybridized carbons (Fsp3) is 0.231. The summed E-state index contributed by atoms with van der Waals surface area (Å²) < 4.78 is 18.4. The third-order valence-electron chi connectivity index (χ3n) is 5.53. The van der Waals surface area contributed by atoms with Gasteiger partial charge in [0.2, 0.25) is 0 Å². The molecule has 0 saturated carbocycles. The van der Waals surface area contributed by atoms with Crippen LogP contribution in [-0.2, 0) is 14.3 Å². The third-order valence-corrected chi connectivity index (χ3v) is 7.13. The molecule has 192 valence electrons. The minimum Gasteiger partial charge on any atom is -0.497 e. The Labute approximate surface area is 224 Å². The number of allylic oxidation sites excluding steroid dienone is 1. The number of aromatic nitrogens is 1. The highest BCUT2D eigenvalue weighted by Gasteiger charge is 2.33. The zero-order valence-electron chi connectivity index (χ0n) is 20.2. The number of hydrogen-bond donors (Lipinski definition) is 1. The number of esters is 1. The molecule has 1 aliphatic heterocycles. The maximum atomic E-state index is 13.7. The molecule has 0 bridgehead atoms. The standard InChI is InChI=1S/C26H23BrN2O7S/c1-4-35-25(33)22-14(2)28-26-29(23(22)16-6-5-7-17(12-16)34-3)24(32)20(37-26)11-15-8-9-19(18(27)10-15)36-13-21(30)31/h5-12,23H,4,13H2,1-3H3,(H,30,31)/b20-11+/t23-/m1/s1. The number of ether oxygens (including phenoxy) is 3. The lowest BCUT2D eigenvalue weighted by molar-refractivity contribution is -0.140. The molecule has 0 saturated heterocycles. The van der Waals surface area contributed by atoms with E-state index in [1.54, 1.807) is 63.4 Å². The van der Waals surface area contributed by atoms with Crippen LogP contribution in [0, 0.1) is 0 Å². The van der Waals surface area contributed by atoms with Crippen LogP contribution in [-0.4, -0.2) is 41.9 Å². The first-order valence-corrected chi connectivity index (χ1v) is 12.8. The van der Waals surface area contributed by atoms with E-state index in [9.17, 15) is 14.4 Å². The number of carbonyl (C=O) groups excluding carboxylic acids is 1. The topological polar surface area (TPSA) is 116 Å². The second-order valence-corrected chi connectivity index (χ2v) is 9.81. The van der Waals surface area contributed by atoms with Crippen molar-refractivity contribution in [3.05, 3.63) is 89.0 Å². The number of fused-ring (bicyclic) bond motifs is 1. The van der Waals surface area contributed by atoms with Gasteiger partial charge in [-0.15, -0.1) is 0 Å². The number of methoxy groups -OCH3 is 1. The SMILES string of the molecule is CCOC(=O)C1=C(C)N=c2s/c(=C/c3ccc(OCC(=O)O)c(Br)c3)c(=O)n2[C@@H]1c1cccc(OC)c1. The molecule has 1 aromatic heterocycles. The zero-order chi connectivity index (χ0) is 26.7. The lowest BCUT2D eigenvalue weighted by Crippen LogP contribution is -2.39. The first-order valence-electron chi connectivity index (χ1n) is 11.2. The van der Waals surface area contributed by atoms with Crippen molar-refractivity contribution in [1.82, 2.24) is 4.57 Å². The van der Waals surface area contributed by atoms with E-state index in [-0.39, 0.29) is 17.7 Å². The van der Waals surface area contributed by atoms with E-state index in [0.29, 0.717) is 42.1 Å². The average molecular weight is 587 g/mol. The van der Waals surface area contributed by atoms with E-state index in [0.717, 1.165) is 0 Å². The normalized spacial score (nSPS) is 15.1. The number of benzene rings is 2. The summed E-state index contributed by atoms with van der Waals surface area (Å²) in [7, 11) is 1.55. The number of thiazole rings is 1. The van der Waals surface area contributed by atoms with Gasteiger partial charge in [0.25, 0.3) is 5.56 Å². The Morgan fingerprint density at radius 1 is 1.24 bits per heavy atom. The van der Waals surface area contributed by atoms with Crippen LogP contribution in [0.1, 0.15) is 31.0 Å². The number of aliphatic carboxylic acids is 1. The average Bonchev–Trinajstić information content (AvgIpc) is 3.16. The Morgan fingerprint density at radius 3 is 2.70 bits per heavy atom. The van der Waals surface area contributed by atoms with Gasteiger partial charge in [-0.25, -0.2) is 14.6 Å². The summed E-state index contributed by atoms with van der Waals surface area (Å²) in [5.41, 5.74) is 1.83. The van der Waals surface area contributed by atoms with Crippen molar-refractivity contribution in [2.24, 2.45) is 4.99 Å². The molecule has 0 fully saturated rings. The van der Waals surface area contributed by atoms with Crippen LogP contribution in [0.15, 0.2) is 68.0 Å². The van der Waals surface area contributed by atoms with Gasteiger partial charge in [-0.05, 0) is 71.2 Å². The molecule has 0 radical (unpaired) electrons. The van der Waals surface area contributed by atoms with E-state index in [2.05, 4.69) is 20.9 Å². The predicted molar refractivity (Wildman–Crippen MR) is 141 cm³/mol. The molecule has 1 aliphatic rings. The van der Waals surface area contributed by atoms with Gasteiger partial charge >= 0.3 is 11.9 Å². The fourth-order valence-electron chi connectivity index (χ4n) is 3.93. The van der Waals surface area contributed by atoms with Crippen LogP contribution < -0.4 is 24.4 Å². The molecule has 2 aromatic carbocycles. The number of carboxylic acid groups (broad SMARTS) is 1. The highest BCUT2D eigenvalue weighted by atomic mass is 79.9. The first-order chi connectivity index (χ1) is 17.7.